The highest BCUT2D eigenvalue weighted by atomic mass is 19.1. The van der Waals surface area contributed by atoms with Crippen LogP contribution >= 0.6 is 0 Å². The van der Waals surface area contributed by atoms with Crippen LogP contribution in [-0.2, 0) is 13.7 Å². The first-order chi connectivity index (χ1) is 7.13. The van der Waals surface area contributed by atoms with Gasteiger partial charge in [-0.05, 0) is 24.3 Å². The van der Waals surface area contributed by atoms with Crippen LogP contribution in [-0.4, -0.2) is 15.6 Å². The molecular weight excluding hydrogens is 197 g/mol. The zero-order valence-electron chi connectivity index (χ0n) is 8.20. The van der Waals surface area contributed by atoms with Gasteiger partial charge in [0.25, 0.3) is 0 Å². The Morgan fingerprint density at radius 2 is 2.20 bits per heavy atom. The molecule has 4 heteroatoms. The molecule has 1 aromatic carbocycles. The highest BCUT2D eigenvalue weighted by Gasteiger charge is 2.08. The molecule has 0 radical (unpaired) electrons. The molecule has 2 aromatic rings. The summed E-state index contributed by atoms with van der Waals surface area (Å²) in [6, 6.07) is 6.43. The molecule has 0 unspecified atom stereocenters. The van der Waals surface area contributed by atoms with E-state index in [0.29, 0.717) is 5.69 Å². The van der Waals surface area contributed by atoms with Gasteiger partial charge in [-0.25, -0.2) is 9.18 Å². The van der Waals surface area contributed by atoms with Gasteiger partial charge in [-0.15, -0.1) is 0 Å². The van der Waals surface area contributed by atoms with E-state index >= 15 is 0 Å². The molecule has 0 bridgehead atoms. The van der Waals surface area contributed by atoms with Gasteiger partial charge in [-0.1, -0.05) is 0 Å². The monoisotopic (exact) mass is 207 g/mol. The van der Waals surface area contributed by atoms with E-state index in [-0.39, 0.29) is 5.56 Å². The predicted octanol–water partition coefficient (Wildman–Crippen LogP) is 2.35. The van der Waals surface area contributed by atoms with E-state index in [1.54, 1.807) is 29.8 Å². The molecule has 0 spiro atoms. The van der Waals surface area contributed by atoms with Crippen LogP contribution in [0.5, 0.6) is 0 Å². The Bertz CT molecular complexity index is 531. The standard InChI is InChI=1S/C11H10FNO2/c1-13-9(6-12)5-8-4-7(11(14)15)2-3-10(8)13/h2-5H,6H2,1H3,(H,14,15). The average molecular weight is 207 g/mol. The molecule has 15 heavy (non-hydrogen) atoms. The van der Waals surface area contributed by atoms with Crippen LogP contribution in [0.4, 0.5) is 4.39 Å². The van der Waals surface area contributed by atoms with Crippen molar-refractivity contribution in [1.82, 2.24) is 4.57 Å². The first-order valence-electron chi connectivity index (χ1n) is 4.51. The molecular formula is C11H10FNO2. The Labute approximate surface area is 85.7 Å². The van der Waals surface area contributed by atoms with Crippen molar-refractivity contribution >= 4 is 16.9 Å². The lowest BCUT2D eigenvalue weighted by Crippen LogP contribution is -1.96. The van der Waals surface area contributed by atoms with Crippen molar-refractivity contribution in [2.45, 2.75) is 6.67 Å². The van der Waals surface area contributed by atoms with Crippen LogP contribution in [0.2, 0.25) is 0 Å². The third-order valence-corrected chi connectivity index (χ3v) is 2.53. The summed E-state index contributed by atoms with van der Waals surface area (Å²) < 4.78 is 14.3. The number of hydrogen-bond donors (Lipinski definition) is 1. The summed E-state index contributed by atoms with van der Waals surface area (Å²) >= 11 is 0. The number of hydrogen-bond acceptors (Lipinski definition) is 1. The van der Waals surface area contributed by atoms with Gasteiger partial charge in [0.1, 0.15) is 6.67 Å². The van der Waals surface area contributed by atoms with Gasteiger partial charge in [0.15, 0.2) is 0 Å². The second kappa shape index (κ2) is 3.38. The minimum atomic E-state index is -0.970. The van der Waals surface area contributed by atoms with Gasteiger partial charge >= 0.3 is 5.97 Å². The Hall–Kier alpha value is -1.84. The minimum Gasteiger partial charge on any atom is -0.478 e. The maximum absolute atomic E-state index is 12.5. The Balaban J connectivity index is 2.68. The van der Waals surface area contributed by atoms with E-state index in [1.807, 2.05) is 0 Å². The molecule has 0 saturated carbocycles. The molecule has 1 aromatic heterocycles. The smallest absolute Gasteiger partial charge is 0.335 e. The Morgan fingerprint density at radius 1 is 1.47 bits per heavy atom. The predicted molar refractivity (Wildman–Crippen MR) is 54.7 cm³/mol. The van der Waals surface area contributed by atoms with Gasteiger partial charge in [0, 0.05) is 23.6 Å². The quantitative estimate of drug-likeness (QED) is 0.821. The molecule has 0 atom stereocenters. The van der Waals surface area contributed by atoms with E-state index in [9.17, 15) is 9.18 Å². The first-order valence-corrected chi connectivity index (χ1v) is 4.51. The number of nitrogens with zero attached hydrogens (tertiary/aromatic N) is 1. The lowest BCUT2D eigenvalue weighted by molar-refractivity contribution is 0.0697. The maximum atomic E-state index is 12.5. The maximum Gasteiger partial charge on any atom is 0.335 e. The third kappa shape index (κ3) is 1.48. The number of carboxylic acid groups (broad SMARTS) is 1. The Morgan fingerprint density at radius 3 is 2.80 bits per heavy atom. The van der Waals surface area contributed by atoms with E-state index in [1.165, 1.54) is 6.07 Å². The highest BCUT2D eigenvalue weighted by Crippen LogP contribution is 2.20. The zero-order chi connectivity index (χ0) is 11.0. The molecule has 0 saturated heterocycles. The second-order valence-corrected chi connectivity index (χ2v) is 3.41. The van der Waals surface area contributed by atoms with Crippen molar-refractivity contribution in [2.75, 3.05) is 0 Å². The lowest BCUT2D eigenvalue weighted by atomic mass is 10.1. The number of carbonyl (C=O) groups is 1. The number of halogens is 1. The van der Waals surface area contributed by atoms with Crippen LogP contribution < -0.4 is 0 Å². The number of fused-ring (bicyclic) bond motifs is 1. The first kappa shape index (κ1) is 9.71. The van der Waals surface area contributed by atoms with Crippen molar-refractivity contribution in [3.63, 3.8) is 0 Å². The zero-order valence-corrected chi connectivity index (χ0v) is 8.20. The fraction of sp³-hybridized carbons (Fsp3) is 0.182. The number of carboxylic acids is 1. The summed E-state index contributed by atoms with van der Waals surface area (Å²) in [4.78, 5) is 10.7. The summed E-state index contributed by atoms with van der Waals surface area (Å²) in [6.07, 6.45) is 0. The van der Waals surface area contributed by atoms with Crippen molar-refractivity contribution in [2.24, 2.45) is 7.05 Å². The molecule has 3 nitrogen and oxygen atoms in total. The molecule has 1 heterocycles. The van der Waals surface area contributed by atoms with Crippen LogP contribution in [0.25, 0.3) is 10.9 Å². The van der Waals surface area contributed by atoms with Gasteiger partial charge in [-0.2, -0.15) is 0 Å². The number of aryl methyl sites for hydroxylation is 1. The molecule has 0 fully saturated rings. The van der Waals surface area contributed by atoms with E-state index < -0.39 is 12.6 Å². The van der Waals surface area contributed by atoms with E-state index in [4.69, 9.17) is 5.11 Å². The minimum absolute atomic E-state index is 0.221. The molecule has 0 aliphatic rings. The highest BCUT2D eigenvalue weighted by molar-refractivity contribution is 5.93. The second-order valence-electron chi connectivity index (χ2n) is 3.41. The van der Waals surface area contributed by atoms with Gasteiger partial charge in [-0.3, -0.25) is 0 Å². The molecule has 78 valence electrons. The molecule has 2 rings (SSSR count). The number of aromatic nitrogens is 1. The molecule has 0 aliphatic carbocycles. The van der Waals surface area contributed by atoms with Crippen molar-refractivity contribution < 1.29 is 14.3 Å². The summed E-state index contributed by atoms with van der Waals surface area (Å²) in [7, 11) is 1.76. The largest absolute Gasteiger partial charge is 0.478 e. The summed E-state index contributed by atoms with van der Waals surface area (Å²) in [5, 5.41) is 9.55. The summed E-state index contributed by atoms with van der Waals surface area (Å²) in [5.74, 6) is -0.970. The van der Waals surface area contributed by atoms with Crippen LogP contribution in [0.1, 0.15) is 16.1 Å². The van der Waals surface area contributed by atoms with Crippen molar-refractivity contribution in [3.05, 3.63) is 35.5 Å². The molecule has 0 aliphatic heterocycles. The van der Waals surface area contributed by atoms with E-state index in [2.05, 4.69) is 0 Å². The average Bonchev–Trinajstić information content (AvgIpc) is 2.55. The van der Waals surface area contributed by atoms with Gasteiger partial charge in [0.2, 0.25) is 0 Å². The number of rotatable bonds is 2. The number of benzene rings is 1. The van der Waals surface area contributed by atoms with Crippen LogP contribution in [0, 0.1) is 0 Å². The van der Waals surface area contributed by atoms with Gasteiger partial charge < -0.3 is 9.67 Å². The van der Waals surface area contributed by atoms with Crippen molar-refractivity contribution in [3.8, 4) is 0 Å². The SMILES string of the molecule is Cn1c(CF)cc2cc(C(=O)O)ccc21. The summed E-state index contributed by atoms with van der Waals surface area (Å²) in [6.45, 7) is -0.548. The topological polar surface area (TPSA) is 42.2 Å². The van der Waals surface area contributed by atoms with Crippen LogP contribution in [0.15, 0.2) is 24.3 Å². The Kier molecular flexibility index (Phi) is 2.19. The molecule has 0 amide bonds. The number of alkyl halides is 1. The third-order valence-electron chi connectivity index (χ3n) is 2.53. The fourth-order valence-corrected chi connectivity index (χ4v) is 1.67. The fourth-order valence-electron chi connectivity index (χ4n) is 1.67. The number of aromatic carboxylic acids is 1. The van der Waals surface area contributed by atoms with Crippen LogP contribution in [0.3, 0.4) is 0 Å². The van der Waals surface area contributed by atoms with E-state index in [0.717, 1.165) is 10.9 Å². The summed E-state index contributed by atoms with van der Waals surface area (Å²) in [5.41, 5.74) is 1.61. The lowest BCUT2D eigenvalue weighted by Gasteiger charge is -1.99. The molecule has 1 N–H and O–H groups in total. The van der Waals surface area contributed by atoms with Gasteiger partial charge in [0.05, 0.1) is 5.56 Å². The van der Waals surface area contributed by atoms with Crippen molar-refractivity contribution in [1.29, 1.82) is 0 Å². The normalized spacial score (nSPS) is 10.8.